The third-order valence-corrected chi connectivity index (χ3v) is 5.49. The largest absolute Gasteiger partial charge is 0.462 e. The van der Waals surface area contributed by atoms with E-state index in [-0.39, 0.29) is 5.91 Å². The summed E-state index contributed by atoms with van der Waals surface area (Å²) in [7, 11) is 0. The molecule has 0 fully saturated rings. The van der Waals surface area contributed by atoms with Gasteiger partial charge in [0, 0.05) is 43.5 Å². The van der Waals surface area contributed by atoms with Crippen LogP contribution < -0.4 is 0 Å². The molecule has 0 saturated heterocycles. The molecule has 1 heterocycles. The lowest BCUT2D eigenvalue weighted by molar-refractivity contribution is -0.128. The topological polar surface area (TPSA) is 51.5 Å². The second kappa shape index (κ2) is 9.81. The van der Waals surface area contributed by atoms with Gasteiger partial charge in [0.15, 0.2) is 0 Å². The summed E-state index contributed by atoms with van der Waals surface area (Å²) in [5, 5.41) is 2.29. The Kier molecular flexibility index (Phi) is 7.16. The van der Waals surface area contributed by atoms with Crippen molar-refractivity contribution >= 4 is 34.2 Å². The number of nitrogens with zero attached hydrogens (tertiary/aromatic N) is 2. The molecule has 3 aromatic rings. The number of ether oxygens (including phenoxy) is 1. The van der Waals surface area contributed by atoms with Gasteiger partial charge < -0.3 is 14.2 Å². The van der Waals surface area contributed by atoms with Crippen LogP contribution in [0.4, 0.5) is 0 Å². The Bertz CT molecular complexity index is 1040. The summed E-state index contributed by atoms with van der Waals surface area (Å²) in [6.07, 6.45) is 2.87. The van der Waals surface area contributed by atoms with Crippen LogP contribution in [-0.2, 0) is 16.1 Å². The fraction of sp³-hybridized carbons (Fsp3) is 0.333. The number of amides is 1. The van der Waals surface area contributed by atoms with Gasteiger partial charge in [-0.1, -0.05) is 41.9 Å². The molecule has 1 aromatic heterocycles. The van der Waals surface area contributed by atoms with E-state index in [1.165, 1.54) is 0 Å². The third-order valence-electron chi connectivity index (χ3n) is 5.17. The second-order valence-electron chi connectivity index (χ2n) is 7.13. The molecule has 0 saturated carbocycles. The highest BCUT2D eigenvalue weighted by Crippen LogP contribution is 2.34. The number of rotatable bonds is 8. The van der Waals surface area contributed by atoms with Crippen LogP contribution in [-0.4, -0.2) is 41.0 Å². The molecule has 0 aliphatic carbocycles. The SMILES string of the molecule is CCOC(=O)c1cc2cn(CCCN(CC)C(C)=O)c(-c3ccccc3)c2cc1Cl. The molecule has 158 valence electrons. The number of fused-ring (bicyclic) bond motifs is 1. The normalized spacial score (nSPS) is 10.9. The van der Waals surface area contributed by atoms with E-state index in [0.717, 1.165) is 35.0 Å². The standard InChI is InChI=1S/C24H27ClN2O3/c1-4-26(17(3)28)12-9-13-27-16-19-14-21(24(29)30-5-2)22(25)15-20(19)23(27)18-10-7-6-8-11-18/h6-8,10-11,14-16H,4-5,9,12-13H2,1-3H3. The number of carbonyl (C=O) groups is 2. The van der Waals surface area contributed by atoms with E-state index >= 15 is 0 Å². The van der Waals surface area contributed by atoms with Crippen LogP contribution in [0.15, 0.2) is 48.7 Å². The molecule has 0 radical (unpaired) electrons. The van der Waals surface area contributed by atoms with Crippen LogP contribution in [0.5, 0.6) is 0 Å². The molecule has 6 heteroatoms. The molecule has 0 N–H and O–H groups in total. The Balaban J connectivity index is 2.02. The Hall–Kier alpha value is -2.79. The fourth-order valence-corrected chi connectivity index (χ4v) is 3.96. The van der Waals surface area contributed by atoms with Crippen LogP contribution in [0, 0.1) is 0 Å². The molecule has 0 unspecified atom stereocenters. The van der Waals surface area contributed by atoms with Crippen molar-refractivity contribution in [3.63, 3.8) is 0 Å². The molecular formula is C24H27ClN2O3. The first-order valence-corrected chi connectivity index (χ1v) is 10.6. The van der Waals surface area contributed by atoms with Gasteiger partial charge in [0.05, 0.1) is 22.9 Å². The van der Waals surface area contributed by atoms with Gasteiger partial charge in [-0.3, -0.25) is 4.79 Å². The highest BCUT2D eigenvalue weighted by atomic mass is 35.5. The van der Waals surface area contributed by atoms with E-state index in [1.54, 1.807) is 19.9 Å². The fourth-order valence-electron chi connectivity index (χ4n) is 3.72. The lowest BCUT2D eigenvalue weighted by Gasteiger charge is -2.19. The molecule has 0 aliphatic heterocycles. The van der Waals surface area contributed by atoms with Crippen LogP contribution >= 0.6 is 11.6 Å². The second-order valence-corrected chi connectivity index (χ2v) is 7.54. The predicted molar refractivity (Wildman–Crippen MR) is 121 cm³/mol. The average Bonchev–Trinajstić information content (AvgIpc) is 3.08. The van der Waals surface area contributed by atoms with Crippen molar-refractivity contribution in [1.29, 1.82) is 0 Å². The number of aromatic nitrogens is 1. The summed E-state index contributed by atoms with van der Waals surface area (Å²) < 4.78 is 7.32. The first-order valence-electron chi connectivity index (χ1n) is 10.3. The van der Waals surface area contributed by atoms with Gasteiger partial charge in [0.1, 0.15) is 0 Å². The Morgan fingerprint density at radius 1 is 1.13 bits per heavy atom. The molecule has 0 spiro atoms. The van der Waals surface area contributed by atoms with Crippen LogP contribution in [0.1, 0.15) is 37.6 Å². The number of hydrogen-bond donors (Lipinski definition) is 0. The summed E-state index contributed by atoms with van der Waals surface area (Å²) >= 11 is 6.45. The highest BCUT2D eigenvalue weighted by Gasteiger charge is 2.18. The lowest BCUT2D eigenvalue weighted by atomic mass is 10.0. The minimum Gasteiger partial charge on any atom is -0.462 e. The molecule has 0 atom stereocenters. The number of aryl methyl sites for hydroxylation is 1. The van der Waals surface area contributed by atoms with E-state index in [2.05, 4.69) is 16.7 Å². The zero-order valence-corrected chi connectivity index (χ0v) is 18.4. The van der Waals surface area contributed by atoms with Crippen LogP contribution in [0.3, 0.4) is 0 Å². The third kappa shape index (κ3) is 4.68. The van der Waals surface area contributed by atoms with Gasteiger partial charge in [-0.05, 0) is 38.0 Å². The number of hydrogen-bond acceptors (Lipinski definition) is 3. The van der Waals surface area contributed by atoms with E-state index in [4.69, 9.17) is 16.3 Å². The zero-order valence-electron chi connectivity index (χ0n) is 17.7. The molecule has 0 aliphatic rings. The minimum absolute atomic E-state index is 0.0873. The van der Waals surface area contributed by atoms with Gasteiger partial charge in [-0.15, -0.1) is 0 Å². The summed E-state index contributed by atoms with van der Waals surface area (Å²) in [5.74, 6) is -0.331. The highest BCUT2D eigenvalue weighted by molar-refractivity contribution is 6.34. The van der Waals surface area contributed by atoms with Gasteiger partial charge in [-0.2, -0.15) is 0 Å². The van der Waals surface area contributed by atoms with Gasteiger partial charge in [0.2, 0.25) is 5.91 Å². The van der Waals surface area contributed by atoms with Gasteiger partial charge in [-0.25, -0.2) is 4.79 Å². The maximum atomic E-state index is 12.3. The lowest BCUT2D eigenvalue weighted by Crippen LogP contribution is -2.29. The molecule has 1 amide bonds. The van der Waals surface area contributed by atoms with Crippen molar-refractivity contribution < 1.29 is 14.3 Å². The van der Waals surface area contributed by atoms with E-state index < -0.39 is 5.97 Å². The Labute approximate surface area is 182 Å². The van der Waals surface area contributed by atoms with Gasteiger partial charge >= 0.3 is 5.97 Å². The molecular weight excluding hydrogens is 400 g/mol. The van der Waals surface area contributed by atoms with Crippen molar-refractivity contribution in [3.8, 4) is 11.3 Å². The number of esters is 1. The maximum Gasteiger partial charge on any atom is 0.339 e. The summed E-state index contributed by atoms with van der Waals surface area (Å²) in [6.45, 7) is 7.80. The smallest absolute Gasteiger partial charge is 0.339 e. The number of benzene rings is 2. The van der Waals surface area contributed by atoms with Crippen LogP contribution in [0.25, 0.3) is 22.0 Å². The summed E-state index contributed by atoms with van der Waals surface area (Å²) in [4.78, 5) is 25.8. The Morgan fingerprint density at radius 3 is 2.50 bits per heavy atom. The zero-order chi connectivity index (χ0) is 21.7. The van der Waals surface area contributed by atoms with Crippen molar-refractivity contribution in [2.45, 2.75) is 33.7 Å². The average molecular weight is 427 g/mol. The van der Waals surface area contributed by atoms with Gasteiger partial charge in [0.25, 0.3) is 0 Å². The van der Waals surface area contributed by atoms with Crippen molar-refractivity contribution in [2.24, 2.45) is 0 Å². The van der Waals surface area contributed by atoms with Crippen LogP contribution in [0.2, 0.25) is 5.02 Å². The predicted octanol–water partition coefficient (Wildman–Crippen LogP) is 5.40. The van der Waals surface area contributed by atoms with E-state index in [9.17, 15) is 9.59 Å². The van der Waals surface area contributed by atoms with E-state index in [0.29, 0.717) is 30.3 Å². The monoisotopic (exact) mass is 426 g/mol. The molecule has 3 rings (SSSR count). The maximum absolute atomic E-state index is 12.3. The summed E-state index contributed by atoms with van der Waals surface area (Å²) in [6, 6.07) is 13.8. The quantitative estimate of drug-likeness (QED) is 0.453. The molecule has 2 aromatic carbocycles. The van der Waals surface area contributed by atoms with E-state index in [1.807, 2.05) is 42.3 Å². The number of carbonyl (C=O) groups excluding carboxylic acids is 2. The molecule has 0 bridgehead atoms. The summed E-state index contributed by atoms with van der Waals surface area (Å²) in [5.41, 5.74) is 2.50. The molecule has 30 heavy (non-hydrogen) atoms. The van der Waals surface area contributed by atoms with Crippen molar-refractivity contribution in [2.75, 3.05) is 19.7 Å². The minimum atomic E-state index is -0.418. The Morgan fingerprint density at radius 2 is 1.87 bits per heavy atom. The number of halogens is 1. The van der Waals surface area contributed by atoms with Crippen molar-refractivity contribution in [1.82, 2.24) is 9.47 Å². The first-order chi connectivity index (χ1) is 14.5. The first kappa shape index (κ1) is 21.9. The molecule has 5 nitrogen and oxygen atoms in total. The van der Waals surface area contributed by atoms with Crippen molar-refractivity contribution in [3.05, 3.63) is 59.2 Å².